The van der Waals surface area contributed by atoms with E-state index in [4.69, 9.17) is 18.0 Å². The number of amides is 1. The Bertz CT molecular complexity index is 368. The van der Waals surface area contributed by atoms with Gasteiger partial charge in [-0.2, -0.15) is 0 Å². The maximum absolute atomic E-state index is 12.4. The van der Waals surface area contributed by atoms with Gasteiger partial charge in [-0.05, 0) is 49.9 Å². The van der Waals surface area contributed by atoms with Crippen LogP contribution in [0, 0.1) is 29.6 Å². The zero-order valence-corrected chi connectivity index (χ0v) is 11.2. The minimum absolute atomic E-state index is 0.114. The number of carbonyl (C=O) groups is 1. The fourth-order valence-electron chi connectivity index (χ4n) is 4.27. The second kappa shape index (κ2) is 3.67. The maximum Gasteiger partial charge on any atom is 0.226 e. The summed E-state index contributed by atoms with van der Waals surface area (Å²) >= 11 is 4.96. The van der Waals surface area contributed by atoms with Crippen LogP contribution in [0.15, 0.2) is 0 Å². The van der Waals surface area contributed by atoms with Gasteiger partial charge in [0, 0.05) is 13.0 Å². The van der Waals surface area contributed by atoms with Gasteiger partial charge in [0.05, 0.1) is 11.0 Å². The van der Waals surface area contributed by atoms with Crippen LogP contribution in [0.1, 0.15) is 26.2 Å². The summed E-state index contributed by atoms with van der Waals surface area (Å²) in [7, 11) is 1.84. The molecular weight excluding hydrogens is 232 g/mol. The third kappa shape index (κ3) is 1.53. The van der Waals surface area contributed by atoms with Gasteiger partial charge in [-0.15, -0.1) is 0 Å². The standard InChI is InChI=1S/C13H20N2OS/c1-6(12(14)17)15(2)13(16)11-9-7-3-4-8(5-7)10(9)11/h6-11H,3-5H2,1-2H3,(H2,14,17). The Balaban J connectivity index is 1.67. The van der Waals surface area contributed by atoms with E-state index in [0.717, 1.165) is 11.8 Å². The fraction of sp³-hybridized carbons (Fsp3) is 0.846. The summed E-state index contributed by atoms with van der Waals surface area (Å²) in [6.45, 7) is 1.91. The molecule has 3 saturated carbocycles. The van der Waals surface area contributed by atoms with E-state index in [9.17, 15) is 4.79 Å². The number of thiocarbonyl (C=S) groups is 1. The number of rotatable bonds is 3. The second-order valence-corrected chi connectivity index (χ2v) is 6.51. The number of nitrogens with zero attached hydrogens (tertiary/aromatic N) is 1. The number of likely N-dealkylation sites (N-methyl/N-ethyl adjacent to an activating group) is 1. The molecule has 0 aliphatic heterocycles. The quantitative estimate of drug-likeness (QED) is 0.773. The summed E-state index contributed by atoms with van der Waals surface area (Å²) in [6, 6.07) is -0.114. The van der Waals surface area contributed by atoms with Crippen LogP contribution >= 0.6 is 12.2 Å². The van der Waals surface area contributed by atoms with Gasteiger partial charge in [0.1, 0.15) is 0 Å². The van der Waals surface area contributed by atoms with Gasteiger partial charge < -0.3 is 10.6 Å². The highest BCUT2D eigenvalue weighted by molar-refractivity contribution is 7.80. The predicted octanol–water partition coefficient (Wildman–Crippen LogP) is 1.41. The van der Waals surface area contributed by atoms with Gasteiger partial charge in [-0.25, -0.2) is 0 Å². The predicted molar refractivity (Wildman–Crippen MR) is 70.3 cm³/mol. The van der Waals surface area contributed by atoms with Crippen LogP contribution in [0.4, 0.5) is 0 Å². The first-order valence-electron chi connectivity index (χ1n) is 6.58. The van der Waals surface area contributed by atoms with Crippen molar-refractivity contribution in [3.63, 3.8) is 0 Å². The highest BCUT2D eigenvalue weighted by atomic mass is 32.1. The fourth-order valence-corrected chi connectivity index (χ4v) is 4.43. The van der Waals surface area contributed by atoms with Crippen molar-refractivity contribution in [3.05, 3.63) is 0 Å². The molecular formula is C13H20N2OS. The Morgan fingerprint density at radius 1 is 1.35 bits per heavy atom. The van der Waals surface area contributed by atoms with Crippen molar-refractivity contribution >= 4 is 23.1 Å². The second-order valence-electron chi connectivity index (χ2n) is 6.04. The molecule has 0 aromatic rings. The highest BCUT2D eigenvalue weighted by Crippen LogP contribution is 2.69. The van der Waals surface area contributed by atoms with Crippen molar-refractivity contribution in [1.82, 2.24) is 4.90 Å². The largest absolute Gasteiger partial charge is 0.392 e. The Hall–Kier alpha value is -0.640. The van der Waals surface area contributed by atoms with E-state index >= 15 is 0 Å². The normalized spacial score (nSPS) is 43.1. The smallest absolute Gasteiger partial charge is 0.226 e. The lowest BCUT2D eigenvalue weighted by molar-refractivity contribution is -0.133. The molecule has 0 aromatic carbocycles. The van der Waals surface area contributed by atoms with Crippen LogP contribution in [-0.2, 0) is 4.79 Å². The lowest BCUT2D eigenvalue weighted by Crippen LogP contribution is -2.44. The minimum Gasteiger partial charge on any atom is -0.392 e. The van der Waals surface area contributed by atoms with Crippen LogP contribution in [0.2, 0.25) is 0 Å². The molecule has 3 nitrogen and oxygen atoms in total. The number of hydrogen-bond donors (Lipinski definition) is 1. The van der Waals surface area contributed by atoms with Crippen LogP contribution in [-0.4, -0.2) is 28.9 Å². The summed E-state index contributed by atoms with van der Waals surface area (Å²) in [6.07, 6.45) is 4.09. The molecule has 3 fully saturated rings. The first kappa shape index (κ1) is 11.5. The first-order chi connectivity index (χ1) is 8.02. The molecule has 17 heavy (non-hydrogen) atoms. The molecule has 3 aliphatic rings. The molecule has 0 heterocycles. The van der Waals surface area contributed by atoms with E-state index in [2.05, 4.69) is 0 Å². The van der Waals surface area contributed by atoms with Crippen LogP contribution in [0.3, 0.4) is 0 Å². The third-order valence-corrected chi connectivity index (χ3v) is 5.70. The van der Waals surface area contributed by atoms with Crippen molar-refractivity contribution in [2.45, 2.75) is 32.2 Å². The van der Waals surface area contributed by atoms with E-state index < -0.39 is 0 Å². The number of fused-ring (bicyclic) bond motifs is 5. The van der Waals surface area contributed by atoms with Crippen molar-refractivity contribution in [3.8, 4) is 0 Å². The molecule has 5 atom stereocenters. The molecule has 0 saturated heterocycles. The first-order valence-corrected chi connectivity index (χ1v) is 6.99. The van der Waals surface area contributed by atoms with Gasteiger partial charge in [0.15, 0.2) is 0 Å². The molecule has 2 bridgehead atoms. The van der Waals surface area contributed by atoms with Crippen LogP contribution < -0.4 is 5.73 Å². The molecule has 1 amide bonds. The zero-order chi connectivity index (χ0) is 12.3. The lowest BCUT2D eigenvalue weighted by atomic mass is 10.0. The zero-order valence-electron chi connectivity index (χ0n) is 10.4. The molecule has 5 unspecified atom stereocenters. The molecule has 0 spiro atoms. The van der Waals surface area contributed by atoms with Crippen molar-refractivity contribution < 1.29 is 4.79 Å². The molecule has 4 heteroatoms. The van der Waals surface area contributed by atoms with E-state index in [-0.39, 0.29) is 11.9 Å². The summed E-state index contributed by atoms with van der Waals surface area (Å²) in [5.41, 5.74) is 5.62. The van der Waals surface area contributed by atoms with Crippen LogP contribution in [0.5, 0.6) is 0 Å². The Morgan fingerprint density at radius 3 is 2.35 bits per heavy atom. The van der Waals surface area contributed by atoms with E-state index in [1.807, 2.05) is 14.0 Å². The molecule has 0 radical (unpaired) electrons. The average molecular weight is 252 g/mol. The van der Waals surface area contributed by atoms with Gasteiger partial charge in [0.2, 0.25) is 5.91 Å². The van der Waals surface area contributed by atoms with E-state index in [1.165, 1.54) is 19.3 Å². The van der Waals surface area contributed by atoms with E-state index in [0.29, 0.717) is 22.7 Å². The van der Waals surface area contributed by atoms with Crippen LogP contribution in [0.25, 0.3) is 0 Å². The van der Waals surface area contributed by atoms with Gasteiger partial charge in [0.25, 0.3) is 0 Å². The lowest BCUT2D eigenvalue weighted by Gasteiger charge is -2.25. The third-order valence-electron chi connectivity index (χ3n) is 5.36. The highest BCUT2D eigenvalue weighted by Gasteiger charge is 2.67. The maximum atomic E-state index is 12.4. The number of nitrogens with two attached hydrogens (primary N) is 1. The molecule has 3 aliphatic carbocycles. The summed E-state index contributed by atoms with van der Waals surface area (Å²) in [5.74, 6) is 3.64. The molecule has 3 rings (SSSR count). The summed E-state index contributed by atoms with van der Waals surface area (Å²) in [4.78, 5) is 14.6. The Labute approximate surface area is 108 Å². The monoisotopic (exact) mass is 252 g/mol. The topological polar surface area (TPSA) is 46.3 Å². The Morgan fingerprint density at radius 2 is 1.88 bits per heavy atom. The molecule has 94 valence electrons. The van der Waals surface area contributed by atoms with Gasteiger partial charge in [-0.1, -0.05) is 12.2 Å². The Kier molecular flexibility index (Phi) is 2.47. The minimum atomic E-state index is -0.114. The van der Waals surface area contributed by atoms with Gasteiger partial charge >= 0.3 is 0 Å². The average Bonchev–Trinajstić information content (AvgIpc) is 2.74. The SMILES string of the molecule is CC(C(N)=S)N(C)C(=O)C1C2C3CCC(C3)C12. The van der Waals surface area contributed by atoms with Crippen molar-refractivity contribution in [2.24, 2.45) is 35.3 Å². The number of carbonyl (C=O) groups excluding carboxylic acids is 1. The van der Waals surface area contributed by atoms with Crippen molar-refractivity contribution in [1.29, 1.82) is 0 Å². The summed E-state index contributed by atoms with van der Waals surface area (Å²) in [5, 5.41) is 0. The van der Waals surface area contributed by atoms with Gasteiger partial charge in [-0.3, -0.25) is 4.79 Å². The molecule has 2 N–H and O–H groups in total. The number of hydrogen-bond acceptors (Lipinski definition) is 2. The summed E-state index contributed by atoms with van der Waals surface area (Å²) < 4.78 is 0. The molecule has 0 aromatic heterocycles. The van der Waals surface area contributed by atoms with Crippen molar-refractivity contribution in [2.75, 3.05) is 7.05 Å². The van der Waals surface area contributed by atoms with E-state index in [1.54, 1.807) is 4.90 Å².